The van der Waals surface area contributed by atoms with E-state index in [2.05, 4.69) is 9.88 Å². The molecule has 0 aliphatic carbocycles. The van der Waals surface area contributed by atoms with Crippen LogP contribution in [0, 0.1) is 0 Å². The van der Waals surface area contributed by atoms with Gasteiger partial charge in [-0.25, -0.2) is 0 Å². The smallest absolute Gasteiger partial charge is 0.254 e. The Labute approximate surface area is 153 Å². The molecule has 2 aromatic carbocycles. The van der Waals surface area contributed by atoms with E-state index in [0.717, 1.165) is 54.3 Å². The monoisotopic (exact) mass is 348 g/mol. The number of aryl methyl sites for hydroxylation is 1. The molecule has 1 aromatic heterocycles. The number of rotatable bonds is 4. The number of phenolic OH excluding ortho intramolecular Hbond substituents is 1. The number of likely N-dealkylation sites (tertiary alicyclic amines) is 1. The molecule has 0 bridgehead atoms. The number of fused-ring (bicyclic) bond motifs is 1. The Morgan fingerprint density at radius 2 is 2.08 bits per heavy atom. The van der Waals surface area contributed by atoms with E-state index in [1.165, 1.54) is 6.42 Å². The van der Waals surface area contributed by atoms with E-state index in [1.807, 2.05) is 48.7 Å². The molecule has 1 fully saturated rings. The first-order valence-corrected chi connectivity index (χ1v) is 9.37. The van der Waals surface area contributed by atoms with Crippen LogP contribution in [0.3, 0.4) is 0 Å². The number of hydrogen-bond donors (Lipinski definition) is 2. The maximum Gasteiger partial charge on any atom is 0.254 e. The maximum atomic E-state index is 13.1. The number of hydrogen-bond acceptors (Lipinski definition) is 2. The van der Waals surface area contributed by atoms with Crippen molar-refractivity contribution in [2.75, 3.05) is 6.54 Å². The van der Waals surface area contributed by atoms with Gasteiger partial charge in [0, 0.05) is 29.9 Å². The van der Waals surface area contributed by atoms with Crippen LogP contribution < -0.4 is 0 Å². The first-order chi connectivity index (χ1) is 12.7. The molecule has 0 radical (unpaired) electrons. The second kappa shape index (κ2) is 7.24. The Kier molecular flexibility index (Phi) is 4.65. The van der Waals surface area contributed by atoms with Gasteiger partial charge < -0.3 is 15.0 Å². The number of aromatic hydroxyl groups is 1. The number of nitrogens with one attached hydrogen (secondary N) is 1. The van der Waals surface area contributed by atoms with Crippen molar-refractivity contribution in [1.82, 2.24) is 9.88 Å². The number of benzene rings is 2. The Morgan fingerprint density at radius 3 is 2.96 bits per heavy atom. The van der Waals surface area contributed by atoms with Gasteiger partial charge in [-0.05, 0) is 73.4 Å². The number of phenols is 1. The van der Waals surface area contributed by atoms with Gasteiger partial charge in [-0.3, -0.25) is 4.79 Å². The molecule has 0 spiro atoms. The lowest BCUT2D eigenvalue weighted by atomic mass is 9.95. The van der Waals surface area contributed by atoms with Crippen LogP contribution in [0.25, 0.3) is 10.9 Å². The van der Waals surface area contributed by atoms with Crippen LogP contribution in [-0.2, 0) is 6.42 Å². The molecule has 4 rings (SSSR count). The van der Waals surface area contributed by atoms with Crippen LogP contribution in [-0.4, -0.2) is 33.5 Å². The number of H-pyrrole nitrogens is 1. The van der Waals surface area contributed by atoms with Crippen LogP contribution in [0.15, 0.2) is 54.7 Å². The standard InChI is InChI=1S/C22H24N2O2/c25-20-6-3-4-16(14-20)7-10-19-5-1-2-13-24(19)22(26)18-9-8-17-11-12-23-21(17)15-18/h3-4,6,8-9,11-12,14-15,19,23,25H,1-2,5,7,10,13H2/t19-/m0/s1. The van der Waals surface area contributed by atoms with Gasteiger partial charge >= 0.3 is 0 Å². The van der Waals surface area contributed by atoms with Crippen molar-refractivity contribution in [3.8, 4) is 5.75 Å². The Hall–Kier alpha value is -2.75. The van der Waals surface area contributed by atoms with Crippen LogP contribution in [0.4, 0.5) is 0 Å². The molecule has 1 aliphatic heterocycles. The minimum absolute atomic E-state index is 0.127. The molecular weight excluding hydrogens is 324 g/mol. The van der Waals surface area contributed by atoms with E-state index in [0.29, 0.717) is 5.75 Å². The Bertz CT molecular complexity index is 915. The summed E-state index contributed by atoms with van der Waals surface area (Å²) in [5.41, 5.74) is 2.88. The molecule has 3 aromatic rings. The third-order valence-electron chi connectivity index (χ3n) is 5.37. The summed E-state index contributed by atoms with van der Waals surface area (Å²) < 4.78 is 0. The fraction of sp³-hybridized carbons (Fsp3) is 0.318. The lowest BCUT2D eigenvalue weighted by Crippen LogP contribution is -2.44. The largest absolute Gasteiger partial charge is 0.508 e. The number of aromatic nitrogens is 1. The van der Waals surface area contributed by atoms with Crippen LogP contribution in [0.5, 0.6) is 5.75 Å². The molecule has 1 atom stereocenters. The number of piperidine rings is 1. The first kappa shape index (κ1) is 16.7. The van der Waals surface area contributed by atoms with E-state index < -0.39 is 0 Å². The van der Waals surface area contributed by atoms with E-state index in [1.54, 1.807) is 6.07 Å². The third kappa shape index (κ3) is 3.45. The molecule has 4 heteroatoms. The number of amides is 1. The SMILES string of the molecule is O=C(c1ccc2cc[nH]c2c1)N1CCCC[C@H]1CCc1cccc(O)c1. The zero-order valence-electron chi connectivity index (χ0n) is 14.8. The topological polar surface area (TPSA) is 56.3 Å². The Morgan fingerprint density at radius 1 is 1.15 bits per heavy atom. The van der Waals surface area contributed by atoms with Gasteiger partial charge in [0.2, 0.25) is 0 Å². The molecule has 0 unspecified atom stereocenters. The van der Waals surface area contributed by atoms with Crippen molar-refractivity contribution in [2.45, 2.75) is 38.1 Å². The van der Waals surface area contributed by atoms with Gasteiger partial charge in [-0.2, -0.15) is 0 Å². The highest BCUT2D eigenvalue weighted by Gasteiger charge is 2.27. The second-order valence-electron chi connectivity index (χ2n) is 7.14. The number of nitrogens with zero attached hydrogens (tertiary/aromatic N) is 1. The minimum Gasteiger partial charge on any atom is -0.508 e. The lowest BCUT2D eigenvalue weighted by molar-refractivity contribution is 0.0602. The molecule has 1 amide bonds. The number of aromatic amines is 1. The summed E-state index contributed by atoms with van der Waals surface area (Å²) in [7, 11) is 0. The fourth-order valence-corrected chi connectivity index (χ4v) is 3.96. The summed E-state index contributed by atoms with van der Waals surface area (Å²) in [6.07, 6.45) is 6.99. The van der Waals surface area contributed by atoms with E-state index in [9.17, 15) is 9.90 Å². The zero-order valence-corrected chi connectivity index (χ0v) is 14.8. The molecule has 1 aliphatic rings. The fourth-order valence-electron chi connectivity index (χ4n) is 3.96. The highest BCUT2D eigenvalue weighted by atomic mass is 16.3. The summed E-state index contributed by atoms with van der Waals surface area (Å²) in [5.74, 6) is 0.431. The van der Waals surface area contributed by atoms with Gasteiger partial charge in [-0.1, -0.05) is 18.2 Å². The highest BCUT2D eigenvalue weighted by molar-refractivity contribution is 5.98. The molecule has 1 saturated heterocycles. The van der Waals surface area contributed by atoms with Crippen LogP contribution in [0.2, 0.25) is 0 Å². The summed E-state index contributed by atoms with van der Waals surface area (Å²) in [4.78, 5) is 18.4. The van der Waals surface area contributed by atoms with Gasteiger partial charge in [0.25, 0.3) is 5.91 Å². The molecular formula is C22H24N2O2. The summed E-state index contributed by atoms with van der Waals surface area (Å²) in [5, 5.41) is 10.8. The van der Waals surface area contributed by atoms with Crippen LogP contribution >= 0.6 is 0 Å². The molecule has 2 heterocycles. The number of carbonyl (C=O) groups is 1. The van der Waals surface area contributed by atoms with Crippen molar-refractivity contribution in [3.63, 3.8) is 0 Å². The average Bonchev–Trinajstić information content (AvgIpc) is 3.14. The van der Waals surface area contributed by atoms with Gasteiger partial charge in [0.15, 0.2) is 0 Å². The quantitative estimate of drug-likeness (QED) is 0.729. The average molecular weight is 348 g/mol. The minimum atomic E-state index is 0.127. The first-order valence-electron chi connectivity index (χ1n) is 9.37. The predicted molar refractivity (Wildman–Crippen MR) is 103 cm³/mol. The van der Waals surface area contributed by atoms with Gasteiger partial charge in [0.1, 0.15) is 5.75 Å². The third-order valence-corrected chi connectivity index (χ3v) is 5.37. The maximum absolute atomic E-state index is 13.1. The van der Waals surface area contributed by atoms with Crippen molar-refractivity contribution in [1.29, 1.82) is 0 Å². The highest BCUT2D eigenvalue weighted by Crippen LogP contribution is 2.25. The van der Waals surface area contributed by atoms with Crippen molar-refractivity contribution in [3.05, 3.63) is 65.9 Å². The summed E-state index contributed by atoms with van der Waals surface area (Å²) in [6, 6.07) is 15.6. The van der Waals surface area contributed by atoms with Crippen molar-refractivity contribution < 1.29 is 9.90 Å². The molecule has 0 saturated carbocycles. The van der Waals surface area contributed by atoms with E-state index in [-0.39, 0.29) is 11.9 Å². The normalized spacial score (nSPS) is 17.5. The molecule has 4 nitrogen and oxygen atoms in total. The molecule has 134 valence electrons. The predicted octanol–water partition coefficient (Wildman–Crippen LogP) is 4.50. The zero-order chi connectivity index (χ0) is 17.9. The van der Waals surface area contributed by atoms with Gasteiger partial charge in [0.05, 0.1) is 0 Å². The summed E-state index contributed by atoms with van der Waals surface area (Å²) >= 11 is 0. The summed E-state index contributed by atoms with van der Waals surface area (Å²) in [6.45, 7) is 0.826. The van der Waals surface area contributed by atoms with E-state index in [4.69, 9.17) is 0 Å². The second-order valence-corrected chi connectivity index (χ2v) is 7.14. The molecule has 26 heavy (non-hydrogen) atoms. The van der Waals surface area contributed by atoms with Gasteiger partial charge in [-0.15, -0.1) is 0 Å². The van der Waals surface area contributed by atoms with Crippen molar-refractivity contribution >= 4 is 16.8 Å². The lowest BCUT2D eigenvalue weighted by Gasteiger charge is -2.36. The van der Waals surface area contributed by atoms with Crippen LogP contribution in [0.1, 0.15) is 41.6 Å². The molecule has 2 N–H and O–H groups in total. The van der Waals surface area contributed by atoms with E-state index >= 15 is 0 Å². The Balaban J connectivity index is 1.49. The van der Waals surface area contributed by atoms with Crippen molar-refractivity contribution in [2.24, 2.45) is 0 Å². The number of carbonyl (C=O) groups excluding carboxylic acids is 1.